The Morgan fingerprint density at radius 2 is 2.25 bits per heavy atom. The predicted octanol–water partition coefficient (Wildman–Crippen LogP) is 1.96. The summed E-state index contributed by atoms with van der Waals surface area (Å²) >= 11 is 0. The maximum atomic E-state index is 5.92. The number of rotatable bonds is 3. The zero-order valence-electron chi connectivity index (χ0n) is 9.90. The van der Waals surface area contributed by atoms with Gasteiger partial charge in [0.2, 0.25) is 5.95 Å². The lowest BCUT2D eigenvalue weighted by Gasteiger charge is -2.12. The van der Waals surface area contributed by atoms with Crippen molar-refractivity contribution in [2.45, 2.75) is 26.5 Å². The van der Waals surface area contributed by atoms with Crippen LogP contribution in [-0.4, -0.2) is 22.8 Å². The summed E-state index contributed by atoms with van der Waals surface area (Å²) in [6.45, 7) is 4.78. The molecule has 1 heterocycles. The minimum Gasteiger partial charge on any atom is -0.380 e. The second kappa shape index (κ2) is 4.14. The average molecular weight is 219 g/mol. The Hall–Kier alpha value is -1.55. The van der Waals surface area contributed by atoms with Crippen LogP contribution in [0.4, 0.5) is 5.95 Å². The van der Waals surface area contributed by atoms with Crippen LogP contribution in [-0.2, 0) is 11.3 Å². The van der Waals surface area contributed by atoms with Gasteiger partial charge < -0.3 is 15.0 Å². The van der Waals surface area contributed by atoms with Crippen LogP contribution in [0.25, 0.3) is 11.0 Å². The largest absolute Gasteiger partial charge is 0.380 e. The number of fused-ring (bicyclic) bond motifs is 1. The summed E-state index contributed by atoms with van der Waals surface area (Å²) in [7, 11) is 1.70. The van der Waals surface area contributed by atoms with Gasteiger partial charge in [-0.2, -0.15) is 0 Å². The van der Waals surface area contributed by atoms with Crippen LogP contribution in [0.3, 0.4) is 0 Å². The van der Waals surface area contributed by atoms with Crippen LogP contribution in [0.15, 0.2) is 18.2 Å². The first kappa shape index (κ1) is 11.0. The summed E-state index contributed by atoms with van der Waals surface area (Å²) in [4.78, 5) is 4.39. The quantitative estimate of drug-likeness (QED) is 0.858. The van der Waals surface area contributed by atoms with Gasteiger partial charge in [-0.15, -0.1) is 0 Å². The molecule has 0 aliphatic carbocycles. The highest BCUT2D eigenvalue weighted by atomic mass is 16.5. The number of aromatic nitrogens is 2. The van der Waals surface area contributed by atoms with E-state index >= 15 is 0 Å². The predicted molar refractivity (Wildman–Crippen MR) is 65.4 cm³/mol. The molecule has 0 aliphatic heterocycles. The Labute approximate surface area is 95.0 Å². The number of aryl methyl sites for hydroxylation is 1. The number of ether oxygens (including phenoxy) is 1. The van der Waals surface area contributed by atoms with E-state index < -0.39 is 0 Å². The second-order valence-electron chi connectivity index (χ2n) is 4.07. The molecule has 0 aliphatic rings. The molecular weight excluding hydrogens is 202 g/mol. The Morgan fingerprint density at radius 3 is 2.94 bits per heavy atom. The highest BCUT2D eigenvalue weighted by Gasteiger charge is 2.11. The highest BCUT2D eigenvalue weighted by Crippen LogP contribution is 2.21. The van der Waals surface area contributed by atoms with Crippen LogP contribution in [0.1, 0.15) is 12.5 Å². The molecule has 0 radical (unpaired) electrons. The molecule has 1 aromatic heterocycles. The van der Waals surface area contributed by atoms with Gasteiger partial charge in [0.1, 0.15) is 0 Å². The van der Waals surface area contributed by atoms with E-state index in [2.05, 4.69) is 4.98 Å². The standard InChI is InChI=1S/C12H17N3O/c1-8-5-4-6-10-11(8)14-12(13)15(10)7-9(2)16-3/h4-6,9H,7H2,1-3H3,(H2,13,14). The van der Waals surface area contributed by atoms with E-state index in [4.69, 9.17) is 10.5 Å². The first-order chi connectivity index (χ1) is 7.63. The zero-order valence-corrected chi connectivity index (χ0v) is 9.90. The fourth-order valence-corrected chi connectivity index (χ4v) is 1.83. The molecule has 0 bridgehead atoms. The second-order valence-corrected chi connectivity index (χ2v) is 4.07. The third kappa shape index (κ3) is 1.76. The van der Waals surface area contributed by atoms with Crippen molar-refractivity contribution in [2.24, 2.45) is 0 Å². The van der Waals surface area contributed by atoms with E-state index in [0.29, 0.717) is 5.95 Å². The molecule has 0 amide bonds. The first-order valence-electron chi connectivity index (χ1n) is 5.37. The lowest BCUT2D eigenvalue weighted by atomic mass is 10.2. The number of hydrogen-bond donors (Lipinski definition) is 1. The summed E-state index contributed by atoms with van der Waals surface area (Å²) in [6, 6.07) is 6.10. The third-order valence-electron chi connectivity index (χ3n) is 2.85. The van der Waals surface area contributed by atoms with E-state index in [1.165, 1.54) is 0 Å². The van der Waals surface area contributed by atoms with Crippen LogP contribution in [0.5, 0.6) is 0 Å². The Morgan fingerprint density at radius 1 is 1.50 bits per heavy atom. The monoisotopic (exact) mass is 219 g/mol. The van der Waals surface area contributed by atoms with Gasteiger partial charge in [-0.3, -0.25) is 0 Å². The number of anilines is 1. The summed E-state index contributed by atoms with van der Waals surface area (Å²) in [5, 5.41) is 0. The molecule has 0 spiro atoms. The minimum absolute atomic E-state index is 0.125. The maximum Gasteiger partial charge on any atom is 0.201 e. The maximum absolute atomic E-state index is 5.92. The molecule has 2 aromatic rings. The molecule has 16 heavy (non-hydrogen) atoms. The van der Waals surface area contributed by atoms with Gasteiger partial charge in [0.25, 0.3) is 0 Å². The Bertz CT molecular complexity index is 504. The number of nitrogen functional groups attached to an aromatic ring is 1. The van der Waals surface area contributed by atoms with Gasteiger partial charge in [0, 0.05) is 7.11 Å². The van der Waals surface area contributed by atoms with Crippen LogP contribution < -0.4 is 5.73 Å². The van der Waals surface area contributed by atoms with E-state index in [-0.39, 0.29) is 6.10 Å². The van der Waals surface area contributed by atoms with E-state index in [1.54, 1.807) is 7.11 Å². The summed E-state index contributed by atoms with van der Waals surface area (Å²) in [5.74, 6) is 0.549. The van der Waals surface area contributed by atoms with Gasteiger partial charge in [-0.25, -0.2) is 4.98 Å². The molecule has 1 aromatic carbocycles. The number of methoxy groups -OCH3 is 1. The molecule has 86 valence electrons. The SMILES string of the molecule is COC(C)Cn1c(N)nc2c(C)cccc21. The van der Waals surface area contributed by atoms with Gasteiger partial charge in [0.15, 0.2) is 0 Å². The van der Waals surface area contributed by atoms with E-state index in [9.17, 15) is 0 Å². The summed E-state index contributed by atoms with van der Waals surface area (Å²) < 4.78 is 7.25. The first-order valence-corrected chi connectivity index (χ1v) is 5.37. The molecule has 1 unspecified atom stereocenters. The van der Waals surface area contributed by atoms with Crippen molar-refractivity contribution < 1.29 is 4.74 Å². The van der Waals surface area contributed by atoms with Crippen LogP contribution in [0, 0.1) is 6.92 Å². The number of benzene rings is 1. The zero-order chi connectivity index (χ0) is 11.7. The van der Waals surface area contributed by atoms with Crippen molar-refractivity contribution in [2.75, 3.05) is 12.8 Å². The Kier molecular flexibility index (Phi) is 2.83. The lowest BCUT2D eigenvalue weighted by molar-refractivity contribution is 0.105. The minimum atomic E-state index is 0.125. The third-order valence-corrected chi connectivity index (χ3v) is 2.85. The molecule has 2 rings (SSSR count). The van der Waals surface area contributed by atoms with Gasteiger partial charge in [-0.1, -0.05) is 12.1 Å². The molecule has 0 fully saturated rings. The average Bonchev–Trinajstić information content (AvgIpc) is 2.58. The van der Waals surface area contributed by atoms with E-state index in [1.807, 2.05) is 36.6 Å². The highest BCUT2D eigenvalue weighted by molar-refractivity contribution is 5.81. The van der Waals surface area contributed by atoms with Gasteiger partial charge in [0.05, 0.1) is 23.7 Å². The fourth-order valence-electron chi connectivity index (χ4n) is 1.83. The van der Waals surface area contributed by atoms with Gasteiger partial charge in [-0.05, 0) is 25.5 Å². The lowest BCUT2D eigenvalue weighted by Crippen LogP contribution is -2.16. The molecule has 1 atom stereocenters. The number of para-hydroxylation sites is 1. The van der Waals surface area contributed by atoms with Gasteiger partial charge >= 0.3 is 0 Å². The van der Waals surface area contributed by atoms with Crippen LogP contribution in [0.2, 0.25) is 0 Å². The van der Waals surface area contributed by atoms with Crippen molar-refractivity contribution in [1.29, 1.82) is 0 Å². The molecule has 0 saturated carbocycles. The van der Waals surface area contributed by atoms with E-state index in [0.717, 1.165) is 23.1 Å². The van der Waals surface area contributed by atoms with Crippen molar-refractivity contribution in [3.05, 3.63) is 23.8 Å². The fraction of sp³-hybridized carbons (Fsp3) is 0.417. The number of imidazole rings is 1. The van der Waals surface area contributed by atoms with Crippen LogP contribution >= 0.6 is 0 Å². The molecule has 4 heteroatoms. The number of nitrogens with zero attached hydrogens (tertiary/aromatic N) is 2. The summed E-state index contributed by atoms with van der Waals surface area (Å²) in [5.41, 5.74) is 9.11. The molecular formula is C12H17N3O. The topological polar surface area (TPSA) is 53.1 Å². The smallest absolute Gasteiger partial charge is 0.201 e. The van der Waals surface area contributed by atoms with Crippen molar-refractivity contribution >= 4 is 17.0 Å². The number of nitrogens with two attached hydrogens (primary N) is 1. The summed E-state index contributed by atoms with van der Waals surface area (Å²) in [6.07, 6.45) is 0.125. The van der Waals surface area contributed by atoms with Crippen molar-refractivity contribution in [3.63, 3.8) is 0 Å². The van der Waals surface area contributed by atoms with Crippen molar-refractivity contribution in [3.8, 4) is 0 Å². The Balaban J connectivity index is 2.52. The normalized spacial score (nSPS) is 13.2. The number of hydrogen-bond acceptors (Lipinski definition) is 3. The molecule has 4 nitrogen and oxygen atoms in total. The molecule has 0 saturated heterocycles. The van der Waals surface area contributed by atoms with Crippen molar-refractivity contribution in [1.82, 2.24) is 9.55 Å². The molecule has 2 N–H and O–H groups in total.